The fourth-order valence-electron chi connectivity index (χ4n) is 4.66. The zero-order chi connectivity index (χ0) is 28.1. The molecular weight excluding hydrogens is 550 g/mol. The van der Waals surface area contributed by atoms with Crippen molar-refractivity contribution in [2.45, 2.75) is 43.0 Å². The monoisotopic (exact) mass is 579 g/mol. The molecule has 2 heterocycles. The van der Waals surface area contributed by atoms with E-state index < -0.39 is 10.0 Å². The number of aromatic nitrogens is 2. The summed E-state index contributed by atoms with van der Waals surface area (Å²) in [6.07, 6.45) is 4.44. The van der Waals surface area contributed by atoms with Crippen LogP contribution >= 0.6 is 11.6 Å². The Morgan fingerprint density at radius 2 is 1.80 bits per heavy atom. The number of sulfonamides is 1. The molecule has 3 aromatic carbocycles. The molecule has 4 aromatic rings. The van der Waals surface area contributed by atoms with Gasteiger partial charge in [0, 0.05) is 24.1 Å². The van der Waals surface area contributed by atoms with Gasteiger partial charge in [0.15, 0.2) is 17.4 Å². The highest BCUT2D eigenvalue weighted by Crippen LogP contribution is 2.33. The topological polar surface area (TPSA) is 122 Å². The molecular formula is C29H30ClN5O4S. The number of methoxy groups -OCH3 is 1. The molecule has 11 heteroatoms. The van der Waals surface area contributed by atoms with Gasteiger partial charge in [0.2, 0.25) is 0 Å². The molecule has 1 unspecified atom stereocenters. The van der Waals surface area contributed by atoms with Crippen molar-refractivity contribution in [1.29, 1.82) is 0 Å². The highest BCUT2D eigenvalue weighted by molar-refractivity contribution is 7.92. The van der Waals surface area contributed by atoms with Crippen molar-refractivity contribution < 1.29 is 17.9 Å². The van der Waals surface area contributed by atoms with Crippen LogP contribution in [0.2, 0.25) is 5.02 Å². The zero-order valence-corrected chi connectivity index (χ0v) is 23.6. The van der Waals surface area contributed by atoms with Crippen LogP contribution in [0.3, 0.4) is 0 Å². The van der Waals surface area contributed by atoms with Gasteiger partial charge in [-0.3, -0.25) is 9.52 Å². The average molecular weight is 580 g/mol. The van der Waals surface area contributed by atoms with E-state index >= 15 is 0 Å². The van der Waals surface area contributed by atoms with Gasteiger partial charge in [0.25, 0.3) is 10.0 Å². The summed E-state index contributed by atoms with van der Waals surface area (Å²) in [6, 6.07) is 18.6. The number of fused-ring (bicyclic) bond motifs is 1. The van der Waals surface area contributed by atoms with Gasteiger partial charge in [-0.2, -0.15) is 0 Å². The summed E-state index contributed by atoms with van der Waals surface area (Å²) < 4.78 is 34.9. The Labute approximate surface area is 238 Å². The smallest absolute Gasteiger partial charge is 0.263 e. The number of piperidine rings is 1. The number of nitrogens with one attached hydrogen (secondary N) is 3. The Hall–Kier alpha value is -3.73. The first-order valence-corrected chi connectivity index (χ1v) is 15.0. The second kappa shape index (κ2) is 12.2. The highest BCUT2D eigenvalue weighted by Gasteiger charge is 2.22. The molecule has 1 atom stereocenters. The molecule has 3 N–H and O–H groups in total. The predicted octanol–water partition coefficient (Wildman–Crippen LogP) is 5.94. The fourth-order valence-corrected chi connectivity index (χ4v) is 5.88. The van der Waals surface area contributed by atoms with Crippen LogP contribution in [-0.4, -0.2) is 43.9 Å². The standard InChI is InChI=1S/C29H30ClN5O4S/c1-39-21-13-14-23(30)26(18-21)34-28-29(33-25-11-3-2-10-24(25)32-28)35-40(37,38)22-9-6-7-19(17-22)27(36)15-12-20-8-4-5-16-31-20/h2-3,6-7,9-11,13-14,17-18,20,31H,4-5,8,12,15-16H2,1H3,(H,32,34)(H,33,35). The van der Waals surface area contributed by atoms with E-state index in [1.54, 1.807) is 48.5 Å². The quantitative estimate of drug-likeness (QED) is 0.197. The van der Waals surface area contributed by atoms with Gasteiger partial charge in [0.1, 0.15) is 5.75 Å². The number of ether oxygens (including phenoxy) is 1. The van der Waals surface area contributed by atoms with Gasteiger partial charge in [-0.05, 0) is 62.2 Å². The largest absolute Gasteiger partial charge is 0.497 e. The van der Waals surface area contributed by atoms with Crippen LogP contribution < -0.4 is 20.1 Å². The maximum absolute atomic E-state index is 13.5. The molecule has 9 nitrogen and oxygen atoms in total. The maximum atomic E-state index is 13.5. The van der Waals surface area contributed by atoms with Crippen molar-refractivity contribution in [3.63, 3.8) is 0 Å². The minimum atomic E-state index is -4.13. The Bertz CT molecular complexity index is 1640. The van der Waals surface area contributed by atoms with E-state index in [1.165, 1.54) is 19.2 Å². The van der Waals surface area contributed by atoms with E-state index in [0.717, 1.165) is 32.2 Å². The van der Waals surface area contributed by atoms with Gasteiger partial charge in [-0.25, -0.2) is 18.4 Å². The molecule has 0 radical (unpaired) electrons. The molecule has 1 aliphatic rings. The van der Waals surface area contributed by atoms with Crippen LogP contribution in [0.25, 0.3) is 11.0 Å². The summed E-state index contributed by atoms with van der Waals surface area (Å²) in [6.45, 7) is 0.969. The van der Waals surface area contributed by atoms with Crippen LogP contribution in [0.1, 0.15) is 42.5 Å². The SMILES string of the molecule is COc1ccc(Cl)c(Nc2nc3ccccc3nc2NS(=O)(=O)c2cccc(C(=O)CCC3CCCCN3)c2)c1. The molecule has 5 rings (SSSR count). The summed E-state index contributed by atoms with van der Waals surface area (Å²) in [4.78, 5) is 22.0. The van der Waals surface area contributed by atoms with E-state index in [4.69, 9.17) is 16.3 Å². The number of hydrogen-bond donors (Lipinski definition) is 3. The summed E-state index contributed by atoms with van der Waals surface area (Å²) >= 11 is 6.38. The second-order valence-corrected chi connectivity index (χ2v) is 11.7. The highest BCUT2D eigenvalue weighted by atomic mass is 35.5. The number of anilines is 3. The molecule has 0 bridgehead atoms. The van der Waals surface area contributed by atoms with Gasteiger partial charge >= 0.3 is 0 Å². The Morgan fingerprint density at radius 1 is 1.02 bits per heavy atom. The van der Waals surface area contributed by atoms with E-state index in [2.05, 4.69) is 25.3 Å². The van der Waals surface area contributed by atoms with E-state index in [9.17, 15) is 13.2 Å². The minimum Gasteiger partial charge on any atom is -0.497 e. The lowest BCUT2D eigenvalue weighted by Gasteiger charge is -2.23. The first-order chi connectivity index (χ1) is 19.3. The van der Waals surface area contributed by atoms with Crippen LogP contribution in [0.15, 0.2) is 71.6 Å². The predicted molar refractivity (Wildman–Crippen MR) is 157 cm³/mol. The minimum absolute atomic E-state index is 0.0160. The molecule has 1 fully saturated rings. The van der Waals surface area contributed by atoms with E-state index in [1.807, 2.05) is 6.07 Å². The number of hydrogen-bond acceptors (Lipinski definition) is 8. The number of ketones is 1. The Morgan fingerprint density at radius 3 is 2.52 bits per heavy atom. The number of para-hydroxylation sites is 2. The fraction of sp³-hybridized carbons (Fsp3) is 0.276. The second-order valence-electron chi connectivity index (χ2n) is 9.62. The third kappa shape index (κ3) is 6.52. The average Bonchev–Trinajstić information content (AvgIpc) is 2.97. The number of rotatable bonds is 10. The molecule has 1 aliphatic heterocycles. The number of Topliss-reactive ketones (excluding diaryl/α,β-unsaturated/α-hetero) is 1. The van der Waals surface area contributed by atoms with Crippen molar-refractivity contribution in [2.24, 2.45) is 0 Å². The van der Waals surface area contributed by atoms with Crippen molar-refractivity contribution >= 4 is 55.8 Å². The van der Waals surface area contributed by atoms with Crippen LogP contribution in [0, 0.1) is 0 Å². The van der Waals surface area contributed by atoms with E-state index in [0.29, 0.717) is 45.5 Å². The normalized spacial score (nSPS) is 15.5. The Balaban J connectivity index is 1.42. The van der Waals surface area contributed by atoms with Crippen molar-refractivity contribution in [2.75, 3.05) is 23.7 Å². The first-order valence-electron chi connectivity index (χ1n) is 13.1. The van der Waals surface area contributed by atoms with Crippen LogP contribution in [-0.2, 0) is 10.0 Å². The third-order valence-corrected chi connectivity index (χ3v) is 8.49. The molecule has 0 amide bonds. The lowest BCUT2D eigenvalue weighted by atomic mass is 9.97. The molecule has 208 valence electrons. The Kier molecular flexibility index (Phi) is 8.49. The van der Waals surface area contributed by atoms with Gasteiger partial charge in [0.05, 0.1) is 33.7 Å². The molecule has 0 aliphatic carbocycles. The van der Waals surface area contributed by atoms with Crippen molar-refractivity contribution in [1.82, 2.24) is 15.3 Å². The molecule has 1 aromatic heterocycles. The number of nitrogens with zero attached hydrogens (tertiary/aromatic N) is 2. The number of carbonyl (C=O) groups is 1. The summed E-state index contributed by atoms with van der Waals surface area (Å²) in [5.74, 6) is 0.607. The number of benzene rings is 3. The number of halogens is 1. The van der Waals surface area contributed by atoms with Gasteiger partial charge in [-0.1, -0.05) is 42.3 Å². The summed E-state index contributed by atoms with van der Waals surface area (Å²) in [5, 5.41) is 6.92. The maximum Gasteiger partial charge on any atom is 0.263 e. The lowest BCUT2D eigenvalue weighted by molar-refractivity contribution is 0.0974. The molecule has 40 heavy (non-hydrogen) atoms. The summed E-state index contributed by atoms with van der Waals surface area (Å²) in [7, 11) is -2.59. The van der Waals surface area contributed by atoms with Gasteiger partial charge in [-0.15, -0.1) is 0 Å². The van der Waals surface area contributed by atoms with Crippen LogP contribution in [0.4, 0.5) is 17.3 Å². The third-order valence-electron chi connectivity index (χ3n) is 6.83. The number of carbonyl (C=O) groups excluding carboxylic acids is 1. The summed E-state index contributed by atoms with van der Waals surface area (Å²) in [5.41, 5.74) is 1.88. The van der Waals surface area contributed by atoms with Crippen LogP contribution in [0.5, 0.6) is 5.75 Å². The molecule has 0 saturated carbocycles. The van der Waals surface area contributed by atoms with Crippen molar-refractivity contribution in [3.8, 4) is 5.75 Å². The molecule has 0 spiro atoms. The molecule has 1 saturated heterocycles. The zero-order valence-electron chi connectivity index (χ0n) is 22.0. The lowest BCUT2D eigenvalue weighted by Crippen LogP contribution is -2.34. The first kappa shape index (κ1) is 27.8. The van der Waals surface area contributed by atoms with Gasteiger partial charge < -0.3 is 15.4 Å². The van der Waals surface area contributed by atoms with Crippen molar-refractivity contribution in [3.05, 3.63) is 77.3 Å². The van der Waals surface area contributed by atoms with E-state index in [-0.39, 0.29) is 22.3 Å².